The summed E-state index contributed by atoms with van der Waals surface area (Å²) in [6.07, 6.45) is 1.43. The zero-order chi connectivity index (χ0) is 14.8. The van der Waals surface area contributed by atoms with Crippen molar-refractivity contribution in [3.05, 3.63) is 46.3 Å². The van der Waals surface area contributed by atoms with Crippen LogP contribution in [-0.4, -0.2) is 26.2 Å². The van der Waals surface area contributed by atoms with Crippen molar-refractivity contribution in [3.63, 3.8) is 0 Å². The fourth-order valence-electron chi connectivity index (χ4n) is 2.26. The molecule has 0 aliphatic heterocycles. The van der Waals surface area contributed by atoms with Crippen molar-refractivity contribution in [3.8, 4) is 0 Å². The maximum atomic E-state index is 12.3. The van der Waals surface area contributed by atoms with Crippen LogP contribution in [0.1, 0.15) is 25.3 Å². The first-order valence-electron chi connectivity index (χ1n) is 6.61. The van der Waals surface area contributed by atoms with Crippen LogP contribution in [0.4, 0.5) is 0 Å². The highest BCUT2D eigenvalue weighted by Gasteiger charge is 2.39. The molecule has 0 aromatic heterocycles. The second-order valence-electron chi connectivity index (χ2n) is 4.39. The number of esters is 1. The molecule has 6 heteroatoms. The second kappa shape index (κ2) is 8.19. The van der Waals surface area contributed by atoms with Gasteiger partial charge in [0.05, 0.1) is 7.11 Å². The average molecular weight is 276 g/mol. The van der Waals surface area contributed by atoms with E-state index in [1.54, 1.807) is 0 Å². The maximum absolute atomic E-state index is 12.3. The first kappa shape index (κ1) is 16.0. The van der Waals surface area contributed by atoms with Crippen molar-refractivity contribution in [1.82, 2.24) is 5.32 Å². The number of hydrogen-bond donors (Lipinski definition) is 1. The Morgan fingerprint density at radius 3 is 2.70 bits per heavy atom. The maximum Gasteiger partial charge on any atom is 0.330 e. The van der Waals surface area contributed by atoms with E-state index in [4.69, 9.17) is 10.3 Å². The lowest BCUT2D eigenvalue weighted by molar-refractivity contribution is -0.149. The molecule has 0 heterocycles. The minimum Gasteiger partial charge on any atom is -0.467 e. The van der Waals surface area contributed by atoms with E-state index in [0.29, 0.717) is 13.0 Å². The van der Waals surface area contributed by atoms with Crippen molar-refractivity contribution in [1.29, 1.82) is 0 Å². The summed E-state index contributed by atoms with van der Waals surface area (Å²) >= 11 is 0. The van der Waals surface area contributed by atoms with Crippen LogP contribution in [0.25, 0.3) is 10.4 Å². The van der Waals surface area contributed by atoms with Gasteiger partial charge in [0.25, 0.3) is 0 Å². The van der Waals surface area contributed by atoms with Crippen LogP contribution in [0.2, 0.25) is 0 Å². The van der Waals surface area contributed by atoms with Crippen molar-refractivity contribution in [2.45, 2.75) is 25.3 Å². The topological polar surface area (TPSA) is 87.1 Å². The minimum absolute atomic E-state index is 0.284. The van der Waals surface area contributed by atoms with Gasteiger partial charge in [0.2, 0.25) is 0 Å². The molecule has 1 N–H and O–H groups in total. The molecule has 0 radical (unpaired) electrons. The zero-order valence-electron chi connectivity index (χ0n) is 11.9. The molecule has 1 aromatic carbocycles. The van der Waals surface area contributed by atoms with Gasteiger partial charge in [0.1, 0.15) is 5.54 Å². The van der Waals surface area contributed by atoms with Gasteiger partial charge in [0, 0.05) is 18.0 Å². The Bertz CT molecular complexity index is 471. The van der Waals surface area contributed by atoms with Crippen LogP contribution in [0.15, 0.2) is 35.4 Å². The van der Waals surface area contributed by atoms with Crippen LogP contribution in [0.3, 0.4) is 0 Å². The normalized spacial score (nSPS) is 13.1. The first-order valence-corrected chi connectivity index (χ1v) is 6.61. The summed E-state index contributed by atoms with van der Waals surface area (Å²) in [6, 6.07) is 9.47. The van der Waals surface area contributed by atoms with Gasteiger partial charge in [-0.1, -0.05) is 48.8 Å². The molecule has 0 saturated carbocycles. The lowest BCUT2D eigenvalue weighted by atomic mass is 9.85. The van der Waals surface area contributed by atoms with Gasteiger partial charge >= 0.3 is 5.97 Å². The summed E-state index contributed by atoms with van der Waals surface area (Å²) in [5.74, 6) is -0.327. The van der Waals surface area contributed by atoms with Gasteiger partial charge in [-0.2, -0.15) is 0 Å². The number of hydrogen-bond acceptors (Lipinski definition) is 4. The zero-order valence-corrected chi connectivity index (χ0v) is 11.9. The van der Waals surface area contributed by atoms with E-state index in [2.05, 4.69) is 15.3 Å². The summed E-state index contributed by atoms with van der Waals surface area (Å²) in [5, 5.41) is 6.68. The molecule has 0 bridgehead atoms. The minimum atomic E-state index is -0.893. The molecule has 6 nitrogen and oxygen atoms in total. The Morgan fingerprint density at radius 1 is 1.45 bits per heavy atom. The number of ether oxygens (including phenoxy) is 1. The molecule has 0 saturated heterocycles. The molecule has 0 aliphatic rings. The Balaban J connectivity index is 3.07. The number of carbonyl (C=O) groups excluding carboxylic acids is 1. The van der Waals surface area contributed by atoms with Crippen molar-refractivity contribution >= 4 is 5.97 Å². The summed E-state index contributed by atoms with van der Waals surface area (Å²) in [4.78, 5) is 15.0. The first-order chi connectivity index (χ1) is 9.71. The SMILES string of the molecule is CCCC(NCCN=[N+]=[N-])(C(=O)OC)c1ccccc1. The lowest BCUT2D eigenvalue weighted by Gasteiger charge is -2.32. The van der Waals surface area contributed by atoms with Gasteiger partial charge in [0.15, 0.2) is 0 Å². The average Bonchev–Trinajstić information content (AvgIpc) is 2.50. The molecule has 0 amide bonds. The van der Waals surface area contributed by atoms with Crippen LogP contribution < -0.4 is 5.32 Å². The molecule has 0 fully saturated rings. The lowest BCUT2D eigenvalue weighted by Crippen LogP contribution is -2.50. The second-order valence-corrected chi connectivity index (χ2v) is 4.39. The third kappa shape index (κ3) is 3.73. The van der Waals surface area contributed by atoms with E-state index in [-0.39, 0.29) is 12.5 Å². The summed E-state index contributed by atoms with van der Waals surface area (Å²) in [6.45, 7) is 2.70. The molecule has 1 atom stereocenters. The van der Waals surface area contributed by atoms with Gasteiger partial charge < -0.3 is 4.74 Å². The molecular weight excluding hydrogens is 256 g/mol. The molecule has 0 aliphatic carbocycles. The number of azide groups is 1. The van der Waals surface area contributed by atoms with Gasteiger partial charge in [-0.15, -0.1) is 0 Å². The quantitative estimate of drug-likeness (QED) is 0.260. The van der Waals surface area contributed by atoms with Gasteiger partial charge in [-0.25, -0.2) is 4.79 Å². The van der Waals surface area contributed by atoms with Crippen LogP contribution in [-0.2, 0) is 15.1 Å². The van der Waals surface area contributed by atoms with E-state index >= 15 is 0 Å². The van der Waals surface area contributed by atoms with E-state index in [1.807, 2.05) is 37.3 Å². The van der Waals surface area contributed by atoms with Crippen molar-refractivity contribution < 1.29 is 9.53 Å². The Morgan fingerprint density at radius 2 is 2.15 bits per heavy atom. The summed E-state index contributed by atoms with van der Waals surface area (Å²) in [5.41, 5.74) is 8.27. The highest BCUT2D eigenvalue weighted by atomic mass is 16.5. The highest BCUT2D eigenvalue weighted by Crippen LogP contribution is 2.28. The van der Waals surface area contributed by atoms with Gasteiger partial charge in [-0.3, -0.25) is 5.32 Å². The van der Waals surface area contributed by atoms with Crippen LogP contribution in [0, 0.1) is 0 Å². The predicted octanol–water partition coefficient (Wildman–Crippen LogP) is 2.75. The fraction of sp³-hybridized carbons (Fsp3) is 0.500. The molecule has 1 unspecified atom stereocenters. The Kier molecular flexibility index (Phi) is 6.56. The number of rotatable bonds is 8. The van der Waals surface area contributed by atoms with Crippen LogP contribution >= 0.6 is 0 Å². The predicted molar refractivity (Wildman–Crippen MR) is 77.1 cm³/mol. The Labute approximate surface area is 118 Å². The van der Waals surface area contributed by atoms with Crippen LogP contribution in [0.5, 0.6) is 0 Å². The number of nitrogens with zero attached hydrogens (tertiary/aromatic N) is 3. The molecule has 20 heavy (non-hydrogen) atoms. The smallest absolute Gasteiger partial charge is 0.330 e. The number of methoxy groups -OCH3 is 1. The third-order valence-corrected chi connectivity index (χ3v) is 3.13. The van der Waals surface area contributed by atoms with Crippen molar-refractivity contribution in [2.75, 3.05) is 20.2 Å². The number of benzene rings is 1. The van der Waals surface area contributed by atoms with E-state index in [9.17, 15) is 4.79 Å². The van der Waals surface area contributed by atoms with Gasteiger partial charge in [-0.05, 0) is 17.5 Å². The van der Waals surface area contributed by atoms with E-state index < -0.39 is 5.54 Å². The van der Waals surface area contributed by atoms with E-state index in [1.165, 1.54) is 7.11 Å². The number of nitrogens with one attached hydrogen (secondary N) is 1. The summed E-state index contributed by atoms with van der Waals surface area (Å²) in [7, 11) is 1.38. The molecular formula is C14H20N4O2. The highest BCUT2D eigenvalue weighted by molar-refractivity contribution is 5.82. The molecule has 108 valence electrons. The fourth-order valence-corrected chi connectivity index (χ4v) is 2.26. The monoisotopic (exact) mass is 276 g/mol. The molecule has 1 aromatic rings. The molecule has 0 spiro atoms. The Hall–Kier alpha value is -2.04. The number of carbonyl (C=O) groups is 1. The molecule has 1 rings (SSSR count). The van der Waals surface area contributed by atoms with Crippen molar-refractivity contribution in [2.24, 2.45) is 5.11 Å². The standard InChI is InChI=1S/C14H20N4O2/c1-3-9-14(13(19)20-2,16-10-11-17-18-15)12-7-5-4-6-8-12/h4-8,16H,3,9-11H2,1-2H3. The summed E-state index contributed by atoms with van der Waals surface area (Å²) < 4.78 is 4.97. The largest absolute Gasteiger partial charge is 0.467 e. The van der Waals surface area contributed by atoms with E-state index in [0.717, 1.165) is 12.0 Å². The third-order valence-electron chi connectivity index (χ3n) is 3.13.